The molecular formula is C12H23N. The molecule has 0 saturated heterocycles. The third-order valence-corrected chi connectivity index (χ3v) is 3.67. The summed E-state index contributed by atoms with van der Waals surface area (Å²) >= 11 is 0. The molecule has 0 heterocycles. The van der Waals surface area contributed by atoms with Crippen LogP contribution in [0.3, 0.4) is 0 Å². The van der Waals surface area contributed by atoms with Crippen LogP contribution in [0.25, 0.3) is 0 Å². The second-order valence-electron chi connectivity index (χ2n) is 6.27. The van der Waals surface area contributed by atoms with E-state index in [2.05, 4.69) is 26.1 Å². The van der Waals surface area contributed by atoms with Crippen LogP contribution in [0.15, 0.2) is 0 Å². The molecule has 1 atom stereocenters. The molecule has 1 spiro atoms. The van der Waals surface area contributed by atoms with Gasteiger partial charge in [-0.25, -0.2) is 0 Å². The topological polar surface area (TPSA) is 12.0 Å². The molecule has 0 aliphatic heterocycles. The van der Waals surface area contributed by atoms with E-state index < -0.39 is 0 Å². The van der Waals surface area contributed by atoms with E-state index in [1.807, 2.05) is 0 Å². The lowest BCUT2D eigenvalue weighted by Gasteiger charge is -2.20. The van der Waals surface area contributed by atoms with E-state index in [9.17, 15) is 0 Å². The van der Waals surface area contributed by atoms with Gasteiger partial charge in [-0.1, -0.05) is 33.6 Å². The third-order valence-electron chi connectivity index (χ3n) is 3.67. The fourth-order valence-corrected chi connectivity index (χ4v) is 2.70. The van der Waals surface area contributed by atoms with Crippen molar-refractivity contribution in [2.45, 2.75) is 58.9 Å². The van der Waals surface area contributed by atoms with Gasteiger partial charge in [-0.2, -0.15) is 0 Å². The van der Waals surface area contributed by atoms with E-state index in [0.29, 0.717) is 5.41 Å². The van der Waals surface area contributed by atoms with Gasteiger partial charge < -0.3 is 5.32 Å². The highest BCUT2D eigenvalue weighted by molar-refractivity contribution is 5.09. The van der Waals surface area contributed by atoms with E-state index in [0.717, 1.165) is 11.5 Å². The number of hydrogen-bond acceptors (Lipinski definition) is 1. The summed E-state index contributed by atoms with van der Waals surface area (Å²) in [5, 5.41) is 3.73. The van der Waals surface area contributed by atoms with Crippen LogP contribution in [0.4, 0.5) is 0 Å². The Labute approximate surface area is 82.3 Å². The van der Waals surface area contributed by atoms with Crippen molar-refractivity contribution < 1.29 is 0 Å². The van der Waals surface area contributed by atoms with Crippen molar-refractivity contribution in [1.29, 1.82) is 0 Å². The maximum atomic E-state index is 3.73. The monoisotopic (exact) mass is 181 g/mol. The average Bonchev–Trinajstić information content (AvgIpc) is 2.42. The van der Waals surface area contributed by atoms with E-state index in [4.69, 9.17) is 0 Å². The molecule has 1 nitrogen and oxygen atoms in total. The highest BCUT2D eigenvalue weighted by Crippen LogP contribution is 2.57. The molecule has 2 rings (SSSR count). The largest absolute Gasteiger partial charge is 0.313 e. The van der Waals surface area contributed by atoms with Crippen LogP contribution in [0.2, 0.25) is 0 Å². The minimum atomic E-state index is 0.447. The zero-order valence-corrected chi connectivity index (χ0v) is 9.32. The molecule has 2 saturated carbocycles. The fraction of sp³-hybridized carbons (Fsp3) is 1.00. The highest BCUT2D eigenvalue weighted by atomic mass is 15.0. The van der Waals surface area contributed by atoms with Crippen molar-refractivity contribution in [2.75, 3.05) is 6.54 Å². The first kappa shape index (κ1) is 9.51. The van der Waals surface area contributed by atoms with Crippen LogP contribution in [0, 0.1) is 10.8 Å². The first-order chi connectivity index (χ1) is 6.02. The summed E-state index contributed by atoms with van der Waals surface area (Å²) in [7, 11) is 0. The number of rotatable bonds is 2. The molecule has 0 aromatic rings. The van der Waals surface area contributed by atoms with E-state index >= 15 is 0 Å². The van der Waals surface area contributed by atoms with Gasteiger partial charge in [0, 0.05) is 12.6 Å². The number of nitrogens with one attached hydrogen (secondary N) is 1. The normalized spacial score (nSPS) is 31.2. The lowest BCUT2D eigenvalue weighted by Crippen LogP contribution is -2.31. The molecule has 0 amide bonds. The summed E-state index contributed by atoms with van der Waals surface area (Å²) in [6.45, 7) is 8.11. The van der Waals surface area contributed by atoms with Crippen molar-refractivity contribution in [3.05, 3.63) is 0 Å². The minimum absolute atomic E-state index is 0.447. The predicted molar refractivity (Wildman–Crippen MR) is 56.8 cm³/mol. The SMILES string of the molecule is CC(C)(C)CNC1CC12CCCC2. The van der Waals surface area contributed by atoms with Gasteiger partial charge in [0.15, 0.2) is 0 Å². The van der Waals surface area contributed by atoms with Crippen LogP contribution in [0.5, 0.6) is 0 Å². The van der Waals surface area contributed by atoms with Gasteiger partial charge in [-0.05, 0) is 30.1 Å². The van der Waals surface area contributed by atoms with Gasteiger partial charge in [0.2, 0.25) is 0 Å². The zero-order chi connectivity index (χ0) is 9.53. The summed E-state index contributed by atoms with van der Waals surface area (Å²) in [4.78, 5) is 0. The molecule has 1 heteroatoms. The first-order valence-electron chi connectivity index (χ1n) is 5.75. The van der Waals surface area contributed by atoms with Crippen LogP contribution in [0.1, 0.15) is 52.9 Å². The molecule has 0 aromatic carbocycles. The predicted octanol–water partition coefficient (Wildman–Crippen LogP) is 2.95. The van der Waals surface area contributed by atoms with Gasteiger partial charge in [0.25, 0.3) is 0 Å². The molecule has 1 N–H and O–H groups in total. The van der Waals surface area contributed by atoms with E-state index in [-0.39, 0.29) is 0 Å². The Morgan fingerprint density at radius 2 is 1.85 bits per heavy atom. The number of hydrogen-bond donors (Lipinski definition) is 1. The Kier molecular flexibility index (Phi) is 2.18. The lowest BCUT2D eigenvalue weighted by atomic mass is 9.96. The van der Waals surface area contributed by atoms with Crippen molar-refractivity contribution in [2.24, 2.45) is 10.8 Å². The van der Waals surface area contributed by atoms with Crippen LogP contribution in [-0.2, 0) is 0 Å². The first-order valence-corrected chi connectivity index (χ1v) is 5.75. The summed E-state index contributed by atoms with van der Waals surface area (Å²) in [5.41, 5.74) is 1.22. The minimum Gasteiger partial charge on any atom is -0.313 e. The van der Waals surface area contributed by atoms with Gasteiger partial charge in [-0.15, -0.1) is 0 Å². The van der Waals surface area contributed by atoms with Crippen LogP contribution < -0.4 is 5.32 Å². The Hall–Kier alpha value is -0.0400. The van der Waals surface area contributed by atoms with Crippen molar-refractivity contribution in [3.8, 4) is 0 Å². The van der Waals surface area contributed by atoms with Gasteiger partial charge in [-0.3, -0.25) is 0 Å². The third kappa shape index (κ3) is 2.07. The second kappa shape index (κ2) is 2.98. The Morgan fingerprint density at radius 3 is 2.38 bits per heavy atom. The average molecular weight is 181 g/mol. The van der Waals surface area contributed by atoms with E-state index in [1.54, 1.807) is 0 Å². The Balaban J connectivity index is 1.74. The molecule has 13 heavy (non-hydrogen) atoms. The molecule has 0 bridgehead atoms. The van der Waals surface area contributed by atoms with Gasteiger partial charge >= 0.3 is 0 Å². The quantitative estimate of drug-likeness (QED) is 0.690. The molecule has 0 radical (unpaired) electrons. The standard InChI is InChI=1S/C12H23N/c1-11(2,3)9-13-10-8-12(10)6-4-5-7-12/h10,13H,4-9H2,1-3H3. The summed E-state index contributed by atoms with van der Waals surface area (Å²) in [6.07, 6.45) is 7.41. The van der Waals surface area contributed by atoms with E-state index in [1.165, 1.54) is 38.6 Å². The molecule has 2 aliphatic rings. The Morgan fingerprint density at radius 1 is 1.23 bits per heavy atom. The molecule has 2 fully saturated rings. The van der Waals surface area contributed by atoms with Crippen LogP contribution >= 0.6 is 0 Å². The molecule has 1 unspecified atom stereocenters. The zero-order valence-electron chi connectivity index (χ0n) is 9.32. The van der Waals surface area contributed by atoms with Gasteiger partial charge in [0.1, 0.15) is 0 Å². The maximum absolute atomic E-state index is 3.73. The van der Waals surface area contributed by atoms with Crippen LogP contribution in [-0.4, -0.2) is 12.6 Å². The fourth-order valence-electron chi connectivity index (χ4n) is 2.70. The second-order valence-corrected chi connectivity index (χ2v) is 6.27. The van der Waals surface area contributed by atoms with Crippen molar-refractivity contribution in [1.82, 2.24) is 5.32 Å². The summed E-state index contributed by atoms with van der Waals surface area (Å²) < 4.78 is 0. The molecule has 76 valence electrons. The smallest absolute Gasteiger partial charge is 0.0130 e. The molecular weight excluding hydrogens is 158 g/mol. The van der Waals surface area contributed by atoms with Crippen molar-refractivity contribution >= 4 is 0 Å². The van der Waals surface area contributed by atoms with Gasteiger partial charge in [0.05, 0.1) is 0 Å². The summed E-state index contributed by atoms with van der Waals surface area (Å²) in [5.74, 6) is 0. The molecule has 2 aliphatic carbocycles. The van der Waals surface area contributed by atoms with Crippen molar-refractivity contribution in [3.63, 3.8) is 0 Å². The maximum Gasteiger partial charge on any atom is 0.0130 e. The summed E-state index contributed by atoms with van der Waals surface area (Å²) in [6, 6.07) is 0.870. The Bertz CT molecular complexity index is 184. The highest BCUT2D eigenvalue weighted by Gasteiger charge is 2.54. The lowest BCUT2D eigenvalue weighted by molar-refractivity contribution is 0.357. The molecule has 0 aromatic heterocycles.